The molecule has 2 aromatic heterocycles. The predicted molar refractivity (Wildman–Crippen MR) is 136 cm³/mol. The van der Waals surface area contributed by atoms with Crippen LogP contribution in [0.5, 0.6) is 0 Å². The quantitative estimate of drug-likeness (QED) is 0.296. The van der Waals surface area contributed by atoms with Gasteiger partial charge in [-0.3, -0.25) is 0 Å². The van der Waals surface area contributed by atoms with E-state index in [0.29, 0.717) is 0 Å². The van der Waals surface area contributed by atoms with Crippen LogP contribution in [0, 0.1) is 0 Å². The van der Waals surface area contributed by atoms with Crippen LogP contribution in [0.1, 0.15) is 6.85 Å². The topological polar surface area (TPSA) is 20.7 Å². The van der Waals surface area contributed by atoms with Crippen molar-refractivity contribution in [3.05, 3.63) is 115 Å². The van der Waals surface area contributed by atoms with Crippen LogP contribution in [-0.2, 0) is 0 Å². The normalized spacial score (nSPS) is 13.9. The maximum absolute atomic E-state index is 8.57. The van der Waals surface area contributed by atoms with Gasteiger partial charge in [-0.2, -0.15) is 0 Å². The van der Waals surface area contributed by atoms with Crippen LogP contribution in [0.4, 0.5) is 0 Å². The van der Waals surface area contributed by atoms with E-state index in [2.05, 4.69) is 41.4 Å². The Morgan fingerprint density at radius 3 is 2.09 bits per heavy atom. The summed E-state index contributed by atoms with van der Waals surface area (Å²) in [5, 5.41) is 4.26. The Kier molecular flexibility index (Phi) is 2.72. The van der Waals surface area contributed by atoms with Crippen LogP contribution in [-0.4, -0.2) is 9.55 Å². The first kappa shape index (κ1) is 13.2. The maximum atomic E-state index is 8.57. The molecule has 0 saturated carbocycles. The lowest BCUT2D eigenvalue weighted by atomic mass is 10.0. The monoisotopic (exact) mass is 413 g/mol. The Morgan fingerprint density at radius 2 is 1.22 bits per heavy atom. The summed E-state index contributed by atoms with van der Waals surface area (Å²) in [4.78, 5) is 3.47. The molecule has 7 aromatic rings. The Bertz CT molecular complexity index is 2020. The molecule has 0 atom stereocenters. The van der Waals surface area contributed by atoms with Crippen LogP contribution >= 0.6 is 0 Å². The second-order valence-corrected chi connectivity index (χ2v) is 7.99. The highest BCUT2D eigenvalue weighted by Gasteiger charge is 2.13. The summed E-state index contributed by atoms with van der Waals surface area (Å²) < 4.78 is 43.3. The minimum Gasteiger partial charge on any atom is -0.355 e. The van der Waals surface area contributed by atoms with Crippen LogP contribution in [0.2, 0.25) is 0 Å². The van der Waals surface area contributed by atoms with Gasteiger partial charge in [0.1, 0.15) is 0 Å². The SMILES string of the molecule is [2H]c1c([2H])c([2H])c(-n2c3ccccc3c3cc(-c4ccc5[nH]c6ccccc6c5c4)ccc32)c([2H])c1[2H]. The molecule has 2 nitrogen and oxygen atoms in total. The van der Waals surface area contributed by atoms with E-state index in [1.54, 1.807) is 4.57 Å². The summed E-state index contributed by atoms with van der Waals surface area (Å²) in [6.45, 7) is 0. The van der Waals surface area contributed by atoms with E-state index in [0.717, 1.165) is 49.4 Å². The lowest BCUT2D eigenvalue weighted by Crippen LogP contribution is -1.92. The van der Waals surface area contributed by atoms with Gasteiger partial charge in [-0.05, 0) is 59.6 Å². The average molecular weight is 414 g/mol. The second-order valence-electron chi connectivity index (χ2n) is 7.99. The molecule has 0 amide bonds. The van der Waals surface area contributed by atoms with Gasteiger partial charge in [-0.1, -0.05) is 66.7 Å². The molecule has 0 aliphatic rings. The fourth-order valence-electron chi connectivity index (χ4n) is 4.78. The van der Waals surface area contributed by atoms with E-state index in [1.807, 2.05) is 48.5 Å². The van der Waals surface area contributed by atoms with E-state index in [9.17, 15) is 0 Å². The molecule has 0 spiro atoms. The highest BCUT2D eigenvalue weighted by Crippen LogP contribution is 2.36. The number of fused-ring (bicyclic) bond motifs is 6. The molecule has 1 N–H and O–H groups in total. The highest BCUT2D eigenvalue weighted by molar-refractivity contribution is 6.11. The van der Waals surface area contributed by atoms with E-state index < -0.39 is 6.04 Å². The molecular formula is C30H20N2. The lowest BCUT2D eigenvalue weighted by Gasteiger charge is -2.08. The third-order valence-electron chi connectivity index (χ3n) is 6.22. The number of H-pyrrole nitrogens is 1. The van der Waals surface area contributed by atoms with Crippen molar-refractivity contribution in [1.29, 1.82) is 0 Å². The third-order valence-corrected chi connectivity index (χ3v) is 6.22. The van der Waals surface area contributed by atoms with Crippen LogP contribution < -0.4 is 0 Å². The van der Waals surface area contributed by atoms with E-state index in [4.69, 9.17) is 6.85 Å². The van der Waals surface area contributed by atoms with Gasteiger partial charge in [0.2, 0.25) is 0 Å². The molecule has 0 saturated heterocycles. The molecular weight excluding hydrogens is 388 g/mol. The number of aromatic amines is 1. The average Bonchev–Trinajstić information content (AvgIpc) is 3.46. The molecule has 0 unspecified atom stereocenters. The van der Waals surface area contributed by atoms with Crippen LogP contribution in [0.25, 0.3) is 60.4 Å². The zero-order chi connectivity index (χ0) is 25.4. The Balaban J connectivity index is 1.51. The summed E-state index contributed by atoms with van der Waals surface area (Å²) in [6.07, 6.45) is 0. The van der Waals surface area contributed by atoms with Crippen molar-refractivity contribution in [3.63, 3.8) is 0 Å². The molecule has 32 heavy (non-hydrogen) atoms. The molecule has 2 heterocycles. The smallest absolute Gasteiger partial charge is 0.0645 e. The number of para-hydroxylation sites is 3. The van der Waals surface area contributed by atoms with Crippen molar-refractivity contribution in [2.24, 2.45) is 0 Å². The molecule has 0 aliphatic heterocycles. The van der Waals surface area contributed by atoms with Crippen LogP contribution in [0.15, 0.2) is 115 Å². The van der Waals surface area contributed by atoms with Gasteiger partial charge in [0.15, 0.2) is 0 Å². The van der Waals surface area contributed by atoms with Gasteiger partial charge in [0.05, 0.1) is 17.9 Å². The second kappa shape index (κ2) is 6.60. The molecule has 0 aliphatic carbocycles. The zero-order valence-corrected chi connectivity index (χ0v) is 17.0. The standard InChI is InChI=1S/C30H20N2/c1-2-8-22(9-3-1)32-29-13-7-5-11-24(29)26-19-21(15-17-30(26)32)20-14-16-28-25(18-20)23-10-4-6-12-27(23)31-28/h1-19,31H/i1D,2D,3D,8D,9D. The van der Waals surface area contributed by atoms with Crippen molar-refractivity contribution in [2.75, 3.05) is 0 Å². The van der Waals surface area contributed by atoms with Crippen LogP contribution in [0.3, 0.4) is 0 Å². The van der Waals surface area contributed by atoms with Gasteiger partial charge in [0, 0.05) is 38.3 Å². The fraction of sp³-hybridized carbons (Fsp3) is 0. The van der Waals surface area contributed by atoms with E-state index in [-0.39, 0.29) is 29.9 Å². The molecule has 150 valence electrons. The van der Waals surface area contributed by atoms with Gasteiger partial charge in [-0.15, -0.1) is 0 Å². The highest BCUT2D eigenvalue weighted by atomic mass is 15.0. The summed E-state index contributed by atoms with van der Waals surface area (Å²) in [5.74, 6) is 0. The first-order valence-electron chi connectivity index (χ1n) is 13.1. The minimum absolute atomic E-state index is 0.158. The minimum atomic E-state index is -0.394. The largest absolute Gasteiger partial charge is 0.355 e. The molecule has 2 heteroatoms. The third kappa shape index (κ3) is 2.47. The van der Waals surface area contributed by atoms with Gasteiger partial charge >= 0.3 is 0 Å². The van der Waals surface area contributed by atoms with Crippen molar-refractivity contribution in [1.82, 2.24) is 9.55 Å². The van der Waals surface area contributed by atoms with Crippen molar-refractivity contribution >= 4 is 43.6 Å². The summed E-state index contributed by atoms with van der Waals surface area (Å²) in [6, 6.07) is 27.1. The number of nitrogens with one attached hydrogen (secondary N) is 1. The molecule has 0 fully saturated rings. The van der Waals surface area contributed by atoms with Crippen molar-refractivity contribution < 1.29 is 6.85 Å². The number of nitrogens with zero attached hydrogens (tertiary/aromatic N) is 1. The fourth-order valence-corrected chi connectivity index (χ4v) is 4.78. The summed E-state index contributed by atoms with van der Waals surface area (Å²) in [5.41, 5.74) is 6.06. The van der Waals surface area contributed by atoms with Gasteiger partial charge < -0.3 is 9.55 Å². The Morgan fingerprint density at radius 1 is 0.562 bits per heavy atom. The first-order chi connectivity index (χ1) is 17.9. The molecule has 5 aromatic carbocycles. The number of hydrogen-bond acceptors (Lipinski definition) is 0. The van der Waals surface area contributed by atoms with Gasteiger partial charge in [-0.25, -0.2) is 0 Å². The zero-order valence-electron chi connectivity index (χ0n) is 22.0. The van der Waals surface area contributed by atoms with E-state index >= 15 is 0 Å². The molecule has 0 bridgehead atoms. The number of hydrogen-bond donors (Lipinski definition) is 1. The van der Waals surface area contributed by atoms with Crippen molar-refractivity contribution in [2.45, 2.75) is 0 Å². The molecule has 0 radical (unpaired) electrons. The summed E-state index contributed by atoms with van der Waals surface area (Å²) >= 11 is 0. The number of rotatable bonds is 2. The summed E-state index contributed by atoms with van der Waals surface area (Å²) in [7, 11) is 0. The van der Waals surface area contributed by atoms with Crippen molar-refractivity contribution in [3.8, 4) is 16.8 Å². The van der Waals surface area contributed by atoms with E-state index in [1.165, 1.54) is 5.39 Å². The first-order valence-corrected chi connectivity index (χ1v) is 10.6. The predicted octanol–water partition coefficient (Wildman–Crippen LogP) is 8.09. The molecule has 7 rings (SSSR count). The number of aromatic nitrogens is 2. The maximum Gasteiger partial charge on any atom is 0.0645 e. The lowest BCUT2D eigenvalue weighted by molar-refractivity contribution is 1.18. The van der Waals surface area contributed by atoms with Gasteiger partial charge in [0.25, 0.3) is 0 Å². The number of benzene rings is 5. The Labute approximate surface area is 192 Å². The Hall–Kier alpha value is -4.30.